The van der Waals surface area contributed by atoms with E-state index in [0.29, 0.717) is 33.9 Å². The van der Waals surface area contributed by atoms with E-state index in [1.54, 1.807) is 91.0 Å². The van der Waals surface area contributed by atoms with E-state index in [4.69, 9.17) is 9.84 Å². The molecule has 0 aliphatic rings. The van der Waals surface area contributed by atoms with Crippen molar-refractivity contribution in [3.8, 4) is 0 Å². The van der Waals surface area contributed by atoms with Crippen LogP contribution in [0.2, 0.25) is 0 Å². The van der Waals surface area contributed by atoms with E-state index < -0.39 is 31.7 Å². The van der Waals surface area contributed by atoms with Gasteiger partial charge in [-0.15, -0.1) is 8.42 Å². The first-order valence-electron chi connectivity index (χ1n) is 12.4. The zero-order valence-electron chi connectivity index (χ0n) is 20.9. The second-order valence-electron chi connectivity index (χ2n) is 8.57. The molecular weight excluding hydrogens is 534 g/mol. The number of rotatable bonds is 15. The Morgan fingerprint density at radius 2 is 1.11 bits per heavy atom. The maximum atomic E-state index is 15.2. The van der Waals surface area contributed by atoms with E-state index in [0.717, 1.165) is 19.3 Å². The van der Waals surface area contributed by atoms with Crippen molar-refractivity contribution < 1.29 is 35.5 Å². The van der Waals surface area contributed by atoms with E-state index in [1.807, 2.05) is 0 Å². The zero-order valence-corrected chi connectivity index (χ0v) is 22.5. The number of unbranched alkanes of at least 4 members (excludes halogenated alkanes) is 5. The van der Waals surface area contributed by atoms with Gasteiger partial charge in [-0.05, 0) is 49.2 Å². The number of aliphatic hydroxyl groups excluding tert-OH is 1. The highest BCUT2D eigenvalue weighted by Gasteiger charge is 2.63. The maximum absolute atomic E-state index is 15.2. The number of alkyl halides is 2. The number of esters is 1. The first kappa shape index (κ1) is 29.8. The lowest BCUT2D eigenvalue weighted by Gasteiger charge is -2.35. The lowest BCUT2D eigenvalue weighted by molar-refractivity contribution is -0.161. The molecule has 2 N–H and O–H groups in total. The Hall–Kier alpha value is -2.79. The number of carbonyl (C=O) groups is 1. The van der Waals surface area contributed by atoms with Gasteiger partial charge in [-0.2, -0.15) is 8.78 Å². The normalized spacial score (nSPS) is 12.7. The third kappa shape index (κ3) is 6.99. The predicted molar refractivity (Wildman–Crippen MR) is 144 cm³/mol. The molecule has 3 rings (SSSR count). The van der Waals surface area contributed by atoms with Gasteiger partial charge in [-0.25, -0.2) is 4.79 Å². The van der Waals surface area contributed by atoms with Crippen LogP contribution in [-0.4, -0.2) is 41.6 Å². The summed E-state index contributed by atoms with van der Waals surface area (Å²) in [4.78, 5) is 13.6. The third-order valence-corrected chi connectivity index (χ3v) is 11.2. The van der Waals surface area contributed by atoms with E-state index in [1.165, 1.54) is 0 Å². The summed E-state index contributed by atoms with van der Waals surface area (Å²) in [5.74, 6) is -2.14. The quantitative estimate of drug-likeness (QED) is 0.0946. The van der Waals surface area contributed by atoms with Gasteiger partial charge in [0.2, 0.25) is 0 Å². The highest BCUT2D eigenvalue weighted by atomic mass is 32.3. The van der Waals surface area contributed by atoms with Gasteiger partial charge in [0.15, 0.2) is 0 Å². The Bertz CT molecular complexity index is 1140. The second kappa shape index (κ2) is 13.8. The van der Waals surface area contributed by atoms with Gasteiger partial charge in [0.1, 0.15) is 0 Å². The molecule has 3 aromatic carbocycles. The number of hydrogen-bond donors (Lipinski definition) is 1. The van der Waals surface area contributed by atoms with E-state index in [9.17, 15) is 13.2 Å². The lowest BCUT2D eigenvalue weighted by atomic mass is 10.1. The Balaban J connectivity index is 1.89. The Labute approximate surface area is 224 Å². The molecule has 0 fully saturated rings. The van der Waals surface area contributed by atoms with Crippen molar-refractivity contribution in [1.29, 1.82) is 0 Å². The molecule has 0 radical (unpaired) electrons. The summed E-state index contributed by atoms with van der Waals surface area (Å²) in [7, 11) is -8.80. The zero-order chi connectivity index (χ0) is 27.5. The highest BCUT2D eigenvalue weighted by molar-refractivity contribution is 8.32. The van der Waals surface area contributed by atoms with Crippen LogP contribution in [0.3, 0.4) is 0 Å². The number of halogens is 2. The average molecular weight is 568 g/mol. The molecule has 0 atom stereocenters. The monoisotopic (exact) mass is 567 g/mol. The lowest BCUT2D eigenvalue weighted by Crippen LogP contribution is -2.42. The molecule has 0 aliphatic carbocycles. The number of carbonyl (C=O) groups excluding carboxylic acids is 1. The summed E-state index contributed by atoms with van der Waals surface area (Å²) in [5, 5.41) is 3.92. The number of benzene rings is 3. The first-order valence-corrected chi connectivity index (χ1v) is 15.4. The van der Waals surface area contributed by atoms with Gasteiger partial charge < -0.3 is 9.84 Å². The standard InChI is InChI=1S/C28H32F2O6S2/c29-28(30,27(32)35-23-15-4-2-1-3-14-22-31)38(33,34)36-37(24-16-8-5-9-17-24,25-18-10-6-11-19-25)26-20-12-7-13-21-26/h5-13,16-21,31H,1-4,14-15,22-23H2/p+1. The predicted octanol–water partition coefficient (Wildman–Crippen LogP) is 6.78. The van der Waals surface area contributed by atoms with Gasteiger partial charge in [0, 0.05) is 6.61 Å². The summed E-state index contributed by atoms with van der Waals surface area (Å²) in [6, 6.07) is 25.2. The summed E-state index contributed by atoms with van der Waals surface area (Å²) in [6.07, 6.45) is 4.15. The van der Waals surface area contributed by atoms with Crippen molar-refractivity contribution in [3.05, 3.63) is 91.0 Å². The van der Waals surface area contributed by atoms with Crippen molar-refractivity contribution >= 4 is 26.4 Å². The van der Waals surface area contributed by atoms with E-state index in [-0.39, 0.29) is 13.2 Å². The Morgan fingerprint density at radius 3 is 1.53 bits per heavy atom. The molecule has 3 aromatic rings. The van der Waals surface area contributed by atoms with Crippen molar-refractivity contribution in [2.24, 2.45) is 0 Å². The number of aliphatic hydroxyl groups is 1. The number of hydrogen-bond acceptors (Lipinski definition) is 5. The fraction of sp³-hybridized carbons (Fsp3) is 0.321. The minimum Gasteiger partial charge on any atom is -0.460 e. The topological polar surface area (TPSA) is 93.5 Å². The smallest absolute Gasteiger partial charge is 0.460 e. The van der Waals surface area contributed by atoms with E-state index >= 15 is 8.78 Å². The molecule has 0 aliphatic heterocycles. The molecule has 0 heterocycles. The SMILES string of the molecule is O=C(OCCCCCCCCO)C(F)(F)S(=O)(=O)[OH+]S(c1ccccc1)(c1ccccc1)c1ccccc1. The van der Waals surface area contributed by atoms with Crippen LogP contribution >= 0.6 is 10.3 Å². The summed E-state index contributed by atoms with van der Waals surface area (Å²) < 4.78 is 65.5. The van der Waals surface area contributed by atoms with Crippen LogP contribution in [0.5, 0.6) is 0 Å². The average Bonchev–Trinajstić information content (AvgIpc) is 2.94. The van der Waals surface area contributed by atoms with Gasteiger partial charge in [0.25, 0.3) is 0 Å². The Morgan fingerprint density at radius 1 is 0.711 bits per heavy atom. The van der Waals surface area contributed by atoms with Gasteiger partial charge >= 0.3 is 21.3 Å². The van der Waals surface area contributed by atoms with Crippen molar-refractivity contribution in [1.82, 2.24) is 0 Å². The van der Waals surface area contributed by atoms with Crippen LogP contribution in [0, 0.1) is 0 Å². The van der Waals surface area contributed by atoms with Crippen molar-refractivity contribution in [2.45, 2.75) is 58.5 Å². The fourth-order valence-electron chi connectivity index (χ4n) is 3.86. The minimum atomic E-state index is -5.69. The van der Waals surface area contributed by atoms with Gasteiger partial charge in [-0.3, -0.25) is 3.63 Å². The summed E-state index contributed by atoms with van der Waals surface area (Å²) in [5.41, 5.74) is 0. The van der Waals surface area contributed by atoms with Crippen LogP contribution in [0.15, 0.2) is 106 Å². The molecular formula is C28H33F2O6S2+. The van der Waals surface area contributed by atoms with Crippen molar-refractivity contribution in [2.75, 3.05) is 13.2 Å². The third-order valence-electron chi connectivity index (χ3n) is 5.81. The molecule has 206 valence electrons. The largest absolute Gasteiger partial charge is 0.514 e. The number of ether oxygens (including phenoxy) is 1. The molecule has 38 heavy (non-hydrogen) atoms. The Kier molecular flexibility index (Phi) is 10.8. The van der Waals surface area contributed by atoms with Gasteiger partial charge in [-0.1, -0.05) is 80.3 Å². The van der Waals surface area contributed by atoms with Crippen molar-refractivity contribution in [3.63, 3.8) is 0 Å². The molecule has 0 saturated carbocycles. The van der Waals surface area contributed by atoms with Crippen LogP contribution in [0.4, 0.5) is 8.78 Å². The molecule has 0 amide bonds. The van der Waals surface area contributed by atoms with Crippen LogP contribution in [0.25, 0.3) is 0 Å². The molecule has 6 nitrogen and oxygen atoms in total. The molecule has 0 saturated heterocycles. The molecule has 10 heteroatoms. The maximum Gasteiger partial charge on any atom is 0.514 e. The van der Waals surface area contributed by atoms with Crippen LogP contribution < -0.4 is 0 Å². The summed E-state index contributed by atoms with van der Waals surface area (Å²) in [6.45, 7) is -0.202. The van der Waals surface area contributed by atoms with Gasteiger partial charge in [0.05, 0.1) is 31.6 Å². The first-order chi connectivity index (χ1) is 18.3. The van der Waals surface area contributed by atoms with E-state index in [2.05, 4.69) is 3.63 Å². The molecule has 0 bridgehead atoms. The second-order valence-corrected chi connectivity index (χ2v) is 13.2. The highest BCUT2D eigenvalue weighted by Crippen LogP contribution is 2.68. The van der Waals surface area contributed by atoms with Crippen LogP contribution in [-0.2, 0) is 19.6 Å². The molecule has 0 spiro atoms. The molecule has 0 aromatic heterocycles. The molecule has 0 unspecified atom stereocenters. The van der Waals surface area contributed by atoms with Crippen LogP contribution in [0.1, 0.15) is 38.5 Å². The fourth-order valence-corrected chi connectivity index (χ4v) is 9.18. The minimum absolute atomic E-state index is 0.119. The summed E-state index contributed by atoms with van der Waals surface area (Å²) >= 11 is 0.